The minimum atomic E-state index is -0.541. The molecule has 102 valence electrons. The lowest BCUT2D eigenvalue weighted by Crippen LogP contribution is -2.24. The number of nitro benzene ring substituents is 1. The van der Waals surface area contributed by atoms with Crippen molar-refractivity contribution < 1.29 is 9.72 Å². The second kappa shape index (κ2) is 6.02. The van der Waals surface area contributed by atoms with Crippen LogP contribution in [0, 0.1) is 16.0 Å². The fraction of sp³-hybridized carbons (Fsp3) is 0.462. The second-order valence-corrected chi connectivity index (χ2v) is 5.17. The number of non-ortho nitro benzene ring substituents is 1. The van der Waals surface area contributed by atoms with E-state index in [4.69, 9.17) is 11.6 Å². The van der Waals surface area contributed by atoms with Crippen LogP contribution < -0.4 is 5.32 Å². The van der Waals surface area contributed by atoms with E-state index in [-0.39, 0.29) is 22.2 Å². The first-order valence-corrected chi connectivity index (χ1v) is 6.68. The fourth-order valence-corrected chi connectivity index (χ4v) is 2.10. The van der Waals surface area contributed by atoms with Crippen LogP contribution in [0.5, 0.6) is 0 Å². The van der Waals surface area contributed by atoms with Crippen LogP contribution in [0.3, 0.4) is 0 Å². The third-order valence-corrected chi connectivity index (χ3v) is 3.51. The number of nitrogens with zero attached hydrogens (tertiary/aromatic N) is 1. The first-order valence-electron chi connectivity index (χ1n) is 6.30. The number of carbonyl (C=O) groups excluding carboxylic acids is 1. The quantitative estimate of drug-likeness (QED) is 0.495. The number of hydrogen-bond donors (Lipinski definition) is 1. The van der Waals surface area contributed by atoms with Gasteiger partial charge in [-0.2, -0.15) is 0 Å². The molecular weight excluding hydrogens is 268 g/mol. The van der Waals surface area contributed by atoms with Crippen molar-refractivity contribution in [1.29, 1.82) is 0 Å². The zero-order chi connectivity index (χ0) is 13.8. The first-order chi connectivity index (χ1) is 9.08. The maximum Gasteiger partial charge on any atom is 0.270 e. The molecule has 0 heterocycles. The van der Waals surface area contributed by atoms with Gasteiger partial charge in [0, 0.05) is 18.7 Å². The molecular formula is C13H15ClN2O3. The molecule has 0 spiro atoms. The molecule has 1 aliphatic rings. The average molecular weight is 283 g/mol. The third-order valence-electron chi connectivity index (χ3n) is 3.18. The monoisotopic (exact) mass is 282 g/mol. The Morgan fingerprint density at radius 3 is 2.84 bits per heavy atom. The van der Waals surface area contributed by atoms with E-state index in [1.807, 2.05) is 0 Å². The highest BCUT2D eigenvalue weighted by atomic mass is 35.5. The predicted octanol–water partition coefficient (Wildman–Crippen LogP) is 3.17. The number of nitro groups is 1. The number of nitrogens with one attached hydrogen (secondary N) is 1. The van der Waals surface area contributed by atoms with Crippen LogP contribution in [0.15, 0.2) is 18.2 Å². The van der Waals surface area contributed by atoms with Crippen LogP contribution in [0.4, 0.5) is 5.69 Å². The molecule has 1 amide bonds. The standard InChI is InChI=1S/C13H15ClN2O3/c14-12-6-5-10(16(18)19)8-11(12)13(17)15-7-1-2-9-3-4-9/h5-6,8-9H,1-4,7H2,(H,15,17). The van der Waals surface area contributed by atoms with Gasteiger partial charge >= 0.3 is 0 Å². The van der Waals surface area contributed by atoms with Crippen LogP contribution in [0.25, 0.3) is 0 Å². The van der Waals surface area contributed by atoms with E-state index in [2.05, 4.69) is 5.32 Å². The lowest BCUT2D eigenvalue weighted by Gasteiger charge is -2.06. The molecule has 0 aromatic heterocycles. The predicted molar refractivity (Wildman–Crippen MR) is 72.4 cm³/mol. The molecule has 1 saturated carbocycles. The van der Waals surface area contributed by atoms with Crippen molar-refractivity contribution in [2.75, 3.05) is 6.54 Å². The van der Waals surface area contributed by atoms with Crippen molar-refractivity contribution in [2.45, 2.75) is 25.7 Å². The van der Waals surface area contributed by atoms with E-state index in [0.717, 1.165) is 18.8 Å². The van der Waals surface area contributed by atoms with Gasteiger partial charge in [-0.15, -0.1) is 0 Å². The number of amides is 1. The lowest BCUT2D eigenvalue weighted by atomic mass is 10.1. The molecule has 0 atom stereocenters. The van der Waals surface area contributed by atoms with Gasteiger partial charge in [-0.3, -0.25) is 14.9 Å². The Morgan fingerprint density at radius 1 is 1.47 bits per heavy atom. The zero-order valence-electron chi connectivity index (χ0n) is 10.4. The average Bonchev–Trinajstić information content (AvgIpc) is 3.18. The Bertz CT molecular complexity index is 501. The van der Waals surface area contributed by atoms with Crippen molar-refractivity contribution in [3.8, 4) is 0 Å². The minimum absolute atomic E-state index is 0.132. The summed E-state index contributed by atoms with van der Waals surface area (Å²) in [5, 5.41) is 13.6. The number of rotatable bonds is 6. The van der Waals surface area contributed by atoms with Crippen molar-refractivity contribution in [3.63, 3.8) is 0 Å². The first kappa shape index (κ1) is 13.8. The summed E-state index contributed by atoms with van der Waals surface area (Å²) in [5.41, 5.74) is 0.0230. The molecule has 0 saturated heterocycles. The van der Waals surface area contributed by atoms with Gasteiger partial charge in [0.05, 0.1) is 15.5 Å². The number of hydrogen-bond acceptors (Lipinski definition) is 3. The fourth-order valence-electron chi connectivity index (χ4n) is 1.90. The molecule has 0 radical (unpaired) electrons. The summed E-state index contributed by atoms with van der Waals surface area (Å²) in [5.74, 6) is 0.475. The van der Waals surface area contributed by atoms with Gasteiger partial charge < -0.3 is 5.32 Å². The van der Waals surface area contributed by atoms with E-state index in [9.17, 15) is 14.9 Å². The van der Waals surface area contributed by atoms with Gasteiger partial charge in [0.15, 0.2) is 0 Å². The number of benzene rings is 1. The zero-order valence-corrected chi connectivity index (χ0v) is 11.2. The Balaban J connectivity index is 1.92. The lowest BCUT2D eigenvalue weighted by molar-refractivity contribution is -0.384. The highest BCUT2D eigenvalue weighted by Crippen LogP contribution is 2.33. The summed E-state index contributed by atoms with van der Waals surface area (Å²) >= 11 is 5.89. The smallest absolute Gasteiger partial charge is 0.270 e. The Kier molecular flexibility index (Phi) is 4.37. The molecule has 1 aromatic rings. The maximum atomic E-state index is 11.9. The van der Waals surface area contributed by atoms with Crippen molar-refractivity contribution in [3.05, 3.63) is 38.9 Å². The van der Waals surface area contributed by atoms with Crippen LogP contribution in [-0.2, 0) is 0 Å². The van der Waals surface area contributed by atoms with E-state index in [0.29, 0.717) is 6.54 Å². The van der Waals surface area contributed by atoms with Crippen LogP contribution in [0.1, 0.15) is 36.0 Å². The molecule has 1 aromatic carbocycles. The normalized spacial score (nSPS) is 14.2. The van der Waals surface area contributed by atoms with Gasteiger partial charge in [-0.05, 0) is 24.8 Å². The van der Waals surface area contributed by atoms with Crippen molar-refractivity contribution >= 4 is 23.2 Å². The van der Waals surface area contributed by atoms with Gasteiger partial charge in [0.2, 0.25) is 0 Å². The third kappa shape index (κ3) is 3.92. The molecule has 5 nitrogen and oxygen atoms in total. The Hall–Kier alpha value is -1.62. The van der Waals surface area contributed by atoms with Crippen LogP contribution >= 0.6 is 11.6 Å². The number of halogens is 1. The molecule has 0 bridgehead atoms. The summed E-state index contributed by atoms with van der Waals surface area (Å²) < 4.78 is 0. The molecule has 19 heavy (non-hydrogen) atoms. The molecule has 0 aliphatic heterocycles. The molecule has 2 rings (SSSR count). The largest absolute Gasteiger partial charge is 0.352 e. The van der Waals surface area contributed by atoms with Crippen molar-refractivity contribution in [2.24, 2.45) is 5.92 Å². The van der Waals surface area contributed by atoms with Gasteiger partial charge in [-0.1, -0.05) is 24.4 Å². The summed E-state index contributed by atoms with van der Waals surface area (Å²) in [7, 11) is 0. The topological polar surface area (TPSA) is 72.2 Å². The molecule has 1 fully saturated rings. The Morgan fingerprint density at radius 2 is 2.21 bits per heavy atom. The van der Waals surface area contributed by atoms with Gasteiger partial charge in [0.25, 0.3) is 11.6 Å². The maximum absolute atomic E-state index is 11.9. The summed E-state index contributed by atoms with van der Waals surface area (Å²) in [4.78, 5) is 22.0. The number of carbonyl (C=O) groups is 1. The summed E-state index contributed by atoms with van der Waals surface area (Å²) in [6.07, 6.45) is 4.65. The highest BCUT2D eigenvalue weighted by Gasteiger charge is 2.20. The molecule has 0 unspecified atom stereocenters. The van der Waals surface area contributed by atoms with E-state index >= 15 is 0 Å². The van der Waals surface area contributed by atoms with Crippen molar-refractivity contribution in [1.82, 2.24) is 5.32 Å². The summed E-state index contributed by atoms with van der Waals surface area (Å²) in [6, 6.07) is 3.86. The molecule has 1 aliphatic carbocycles. The molecule has 6 heteroatoms. The van der Waals surface area contributed by atoms with Crippen LogP contribution in [-0.4, -0.2) is 17.4 Å². The van der Waals surface area contributed by atoms with Gasteiger partial charge in [0.1, 0.15) is 0 Å². The highest BCUT2D eigenvalue weighted by molar-refractivity contribution is 6.33. The second-order valence-electron chi connectivity index (χ2n) is 4.76. The molecule has 1 N–H and O–H groups in total. The SMILES string of the molecule is O=C(NCCCC1CC1)c1cc([N+](=O)[O-])ccc1Cl. The van der Waals surface area contributed by atoms with E-state index in [1.54, 1.807) is 0 Å². The van der Waals surface area contributed by atoms with Gasteiger partial charge in [-0.25, -0.2) is 0 Å². The Labute approximate surface area is 116 Å². The van der Waals surface area contributed by atoms with E-state index in [1.165, 1.54) is 31.0 Å². The van der Waals surface area contributed by atoms with E-state index < -0.39 is 4.92 Å². The van der Waals surface area contributed by atoms with Crippen LogP contribution in [0.2, 0.25) is 5.02 Å². The minimum Gasteiger partial charge on any atom is -0.352 e. The summed E-state index contributed by atoms with van der Waals surface area (Å²) in [6.45, 7) is 0.578.